The third kappa shape index (κ3) is 3.38. The van der Waals surface area contributed by atoms with Crippen LogP contribution in [-0.2, 0) is 6.42 Å². The summed E-state index contributed by atoms with van der Waals surface area (Å²) in [5, 5.41) is 3.69. The number of aromatic nitrogens is 2. The van der Waals surface area contributed by atoms with Crippen molar-refractivity contribution in [2.75, 3.05) is 25.0 Å². The molecule has 0 amide bonds. The minimum absolute atomic E-state index is 0.0687. The molecule has 0 spiro atoms. The number of likely N-dealkylation sites (tertiary alicyclic amines) is 1. The second-order valence-corrected chi connectivity index (χ2v) is 9.26. The van der Waals surface area contributed by atoms with Crippen molar-refractivity contribution < 1.29 is 0 Å². The molecule has 1 fully saturated rings. The molecule has 1 saturated heterocycles. The Bertz CT molecular complexity index is 1160. The van der Waals surface area contributed by atoms with Crippen LogP contribution in [0.5, 0.6) is 0 Å². The number of halogens is 1. The van der Waals surface area contributed by atoms with Gasteiger partial charge in [0.05, 0.1) is 0 Å². The Morgan fingerprint density at radius 1 is 1.24 bits per heavy atom. The normalized spacial score (nSPS) is 21.1. The first-order chi connectivity index (χ1) is 14.0. The molecule has 5 nitrogen and oxygen atoms in total. The van der Waals surface area contributed by atoms with Gasteiger partial charge in [-0.3, -0.25) is 9.20 Å². The van der Waals surface area contributed by atoms with Crippen LogP contribution in [0.1, 0.15) is 34.7 Å². The Morgan fingerprint density at radius 3 is 2.97 bits per heavy atom. The Hall–Kier alpha value is -2.18. The fourth-order valence-corrected chi connectivity index (χ4v) is 5.21. The summed E-state index contributed by atoms with van der Waals surface area (Å²) in [6.45, 7) is 6.96. The summed E-state index contributed by atoms with van der Waals surface area (Å²) in [7, 11) is 0. The molecule has 2 atom stereocenters. The molecule has 1 aromatic carbocycles. The maximum atomic E-state index is 13.0. The number of fused-ring (bicyclic) bond motifs is 4. The van der Waals surface area contributed by atoms with Gasteiger partial charge >= 0.3 is 0 Å². The van der Waals surface area contributed by atoms with Gasteiger partial charge in [-0.15, -0.1) is 0 Å². The van der Waals surface area contributed by atoms with E-state index in [2.05, 4.69) is 49.3 Å². The maximum absolute atomic E-state index is 13.0. The van der Waals surface area contributed by atoms with Gasteiger partial charge in [0.15, 0.2) is 0 Å². The molecule has 2 aromatic heterocycles. The topological polar surface area (TPSA) is 49.6 Å². The van der Waals surface area contributed by atoms with E-state index in [9.17, 15) is 4.79 Å². The number of rotatable bonds is 3. The Morgan fingerprint density at radius 2 is 2.10 bits per heavy atom. The lowest BCUT2D eigenvalue weighted by atomic mass is 9.89. The lowest BCUT2D eigenvalue weighted by molar-refractivity contribution is 0.204. The SMILES string of the molecule is Cc1ccn2c(=O)c(CCN3CCC4Nc5ccc(Br)cc5C4C3)c(C)nc2c1. The summed E-state index contributed by atoms with van der Waals surface area (Å²) in [4.78, 5) is 20.2. The van der Waals surface area contributed by atoms with E-state index in [1.54, 1.807) is 4.40 Å². The smallest absolute Gasteiger partial charge is 0.261 e. The highest BCUT2D eigenvalue weighted by molar-refractivity contribution is 9.10. The minimum Gasteiger partial charge on any atom is -0.381 e. The Labute approximate surface area is 178 Å². The second kappa shape index (κ2) is 7.26. The molecule has 3 aromatic rings. The molecule has 4 heterocycles. The zero-order valence-electron chi connectivity index (χ0n) is 16.8. The lowest BCUT2D eigenvalue weighted by Crippen LogP contribution is -2.43. The van der Waals surface area contributed by atoms with E-state index >= 15 is 0 Å². The van der Waals surface area contributed by atoms with Crippen molar-refractivity contribution >= 4 is 27.3 Å². The molecule has 0 radical (unpaired) electrons. The maximum Gasteiger partial charge on any atom is 0.261 e. The number of hydrogen-bond donors (Lipinski definition) is 1. The molecule has 0 saturated carbocycles. The molecule has 150 valence electrons. The summed E-state index contributed by atoms with van der Waals surface area (Å²) >= 11 is 3.61. The van der Waals surface area contributed by atoms with Gasteiger partial charge in [-0.1, -0.05) is 15.9 Å². The fourth-order valence-electron chi connectivity index (χ4n) is 4.83. The molecular weight excluding hydrogens is 428 g/mol. The number of piperidine rings is 1. The first-order valence-electron chi connectivity index (χ1n) is 10.3. The number of nitrogens with zero attached hydrogens (tertiary/aromatic N) is 3. The third-order valence-electron chi connectivity index (χ3n) is 6.41. The van der Waals surface area contributed by atoms with Crippen molar-refractivity contribution in [1.82, 2.24) is 14.3 Å². The van der Waals surface area contributed by atoms with Crippen molar-refractivity contribution in [3.8, 4) is 0 Å². The highest BCUT2D eigenvalue weighted by Gasteiger charge is 2.36. The van der Waals surface area contributed by atoms with E-state index in [1.165, 1.54) is 11.3 Å². The van der Waals surface area contributed by atoms with E-state index < -0.39 is 0 Å². The first kappa shape index (κ1) is 18.8. The van der Waals surface area contributed by atoms with Crippen molar-refractivity contribution in [3.63, 3.8) is 0 Å². The van der Waals surface area contributed by atoms with Gasteiger partial charge in [0.1, 0.15) is 5.65 Å². The van der Waals surface area contributed by atoms with Crippen LogP contribution in [0.3, 0.4) is 0 Å². The Kier molecular flexibility index (Phi) is 4.71. The molecule has 0 aliphatic carbocycles. The quantitative estimate of drug-likeness (QED) is 0.654. The second-order valence-electron chi connectivity index (χ2n) is 8.34. The Balaban J connectivity index is 1.35. The fraction of sp³-hybridized carbons (Fsp3) is 0.391. The van der Waals surface area contributed by atoms with Gasteiger partial charge in [-0.2, -0.15) is 0 Å². The van der Waals surface area contributed by atoms with Crippen LogP contribution in [0.2, 0.25) is 0 Å². The molecule has 2 unspecified atom stereocenters. The number of anilines is 1. The predicted octanol–water partition coefficient (Wildman–Crippen LogP) is 3.90. The van der Waals surface area contributed by atoms with Gasteiger partial charge in [0.2, 0.25) is 0 Å². The average Bonchev–Trinajstić information content (AvgIpc) is 3.04. The molecular formula is C23H25BrN4O. The van der Waals surface area contributed by atoms with E-state index in [4.69, 9.17) is 0 Å². The van der Waals surface area contributed by atoms with Crippen LogP contribution in [-0.4, -0.2) is 40.0 Å². The number of hydrogen-bond acceptors (Lipinski definition) is 4. The molecule has 2 aliphatic rings. The highest BCUT2D eigenvalue weighted by atomic mass is 79.9. The van der Waals surface area contributed by atoms with Crippen LogP contribution in [0.15, 0.2) is 45.8 Å². The molecule has 6 heteroatoms. The van der Waals surface area contributed by atoms with Crippen LogP contribution in [0, 0.1) is 13.8 Å². The molecule has 5 rings (SSSR count). The van der Waals surface area contributed by atoms with E-state index in [0.717, 1.165) is 59.4 Å². The van der Waals surface area contributed by atoms with Crippen molar-refractivity contribution in [2.45, 2.75) is 38.6 Å². The predicted molar refractivity (Wildman–Crippen MR) is 120 cm³/mol. The van der Waals surface area contributed by atoms with E-state index in [0.29, 0.717) is 12.0 Å². The van der Waals surface area contributed by atoms with Crippen LogP contribution in [0.25, 0.3) is 5.65 Å². The van der Waals surface area contributed by atoms with Gasteiger partial charge in [0.25, 0.3) is 5.56 Å². The van der Waals surface area contributed by atoms with Gasteiger partial charge in [-0.05, 0) is 68.1 Å². The third-order valence-corrected chi connectivity index (χ3v) is 6.91. The van der Waals surface area contributed by atoms with E-state index in [1.807, 2.05) is 32.2 Å². The lowest BCUT2D eigenvalue weighted by Gasteiger charge is -2.35. The molecule has 1 N–H and O–H groups in total. The minimum atomic E-state index is 0.0687. The summed E-state index contributed by atoms with van der Waals surface area (Å²) in [6.07, 6.45) is 3.71. The van der Waals surface area contributed by atoms with Crippen LogP contribution >= 0.6 is 15.9 Å². The number of aryl methyl sites for hydroxylation is 2. The van der Waals surface area contributed by atoms with Crippen LogP contribution in [0.4, 0.5) is 5.69 Å². The van der Waals surface area contributed by atoms with Crippen molar-refractivity contribution in [3.05, 3.63) is 73.7 Å². The number of pyridine rings is 1. The summed E-state index contributed by atoms with van der Waals surface area (Å²) in [5.74, 6) is 0.510. The standard InChI is InChI=1S/C23H25BrN4O/c1-14-5-10-28-22(11-14)25-15(2)17(23(28)29)6-8-27-9-7-21-19(13-27)18-12-16(24)3-4-20(18)26-21/h3-5,10-12,19,21,26H,6-9,13H2,1-2H3. The van der Waals surface area contributed by atoms with Gasteiger partial charge < -0.3 is 10.2 Å². The van der Waals surface area contributed by atoms with E-state index in [-0.39, 0.29) is 5.56 Å². The average molecular weight is 453 g/mol. The summed E-state index contributed by atoms with van der Waals surface area (Å²) in [5.41, 5.74) is 6.29. The summed E-state index contributed by atoms with van der Waals surface area (Å²) in [6, 6.07) is 11.0. The zero-order valence-corrected chi connectivity index (χ0v) is 18.4. The van der Waals surface area contributed by atoms with Crippen LogP contribution < -0.4 is 10.9 Å². The molecule has 2 aliphatic heterocycles. The van der Waals surface area contributed by atoms with Gasteiger partial charge in [-0.25, -0.2) is 4.98 Å². The monoisotopic (exact) mass is 452 g/mol. The zero-order chi connectivity index (χ0) is 20.1. The largest absolute Gasteiger partial charge is 0.381 e. The molecule has 0 bridgehead atoms. The van der Waals surface area contributed by atoms with Gasteiger partial charge in [0, 0.05) is 59.2 Å². The summed E-state index contributed by atoms with van der Waals surface area (Å²) < 4.78 is 2.81. The molecule has 29 heavy (non-hydrogen) atoms. The van der Waals surface area contributed by atoms with Crippen molar-refractivity contribution in [2.24, 2.45) is 0 Å². The number of benzene rings is 1. The first-order valence-corrected chi connectivity index (χ1v) is 11.1. The van der Waals surface area contributed by atoms with Crippen molar-refractivity contribution in [1.29, 1.82) is 0 Å². The number of nitrogens with one attached hydrogen (secondary N) is 1. The highest BCUT2D eigenvalue weighted by Crippen LogP contribution is 2.41.